The van der Waals surface area contributed by atoms with Gasteiger partial charge in [-0.25, -0.2) is 13.4 Å². The molecule has 0 saturated heterocycles. The Labute approximate surface area is 163 Å². The Balaban J connectivity index is 1.73. The Morgan fingerprint density at radius 1 is 1.00 bits per heavy atom. The van der Waals surface area contributed by atoms with Crippen molar-refractivity contribution in [2.45, 2.75) is 11.8 Å². The van der Waals surface area contributed by atoms with Gasteiger partial charge in [0, 0.05) is 5.56 Å². The summed E-state index contributed by atoms with van der Waals surface area (Å²) in [5.41, 5.74) is 3.84. The number of methoxy groups -OCH3 is 1. The molecule has 28 heavy (non-hydrogen) atoms. The van der Waals surface area contributed by atoms with Crippen LogP contribution in [0.4, 0.5) is 5.69 Å². The van der Waals surface area contributed by atoms with Crippen LogP contribution >= 0.6 is 0 Å². The van der Waals surface area contributed by atoms with Crippen molar-refractivity contribution in [2.24, 2.45) is 0 Å². The summed E-state index contributed by atoms with van der Waals surface area (Å²) in [5, 5.41) is 0. The number of nitrogens with one attached hydrogen (secondary N) is 2. The van der Waals surface area contributed by atoms with Crippen LogP contribution in [0.15, 0.2) is 71.6 Å². The molecule has 0 saturated carbocycles. The van der Waals surface area contributed by atoms with Gasteiger partial charge in [0.15, 0.2) is 0 Å². The Morgan fingerprint density at radius 3 is 2.46 bits per heavy atom. The first kappa shape index (κ1) is 18.1. The number of benzene rings is 3. The van der Waals surface area contributed by atoms with Gasteiger partial charge in [-0.15, -0.1) is 0 Å². The third-order valence-electron chi connectivity index (χ3n) is 4.44. The Bertz CT molecular complexity index is 1210. The zero-order valence-electron chi connectivity index (χ0n) is 15.4. The number of hydrogen-bond acceptors (Lipinski definition) is 4. The van der Waals surface area contributed by atoms with Gasteiger partial charge >= 0.3 is 0 Å². The molecule has 1 heterocycles. The van der Waals surface area contributed by atoms with Crippen LogP contribution in [-0.4, -0.2) is 25.5 Å². The molecule has 0 spiro atoms. The van der Waals surface area contributed by atoms with Crippen molar-refractivity contribution in [3.05, 3.63) is 72.3 Å². The lowest BCUT2D eigenvalue weighted by atomic mass is 10.2. The molecule has 0 aliphatic carbocycles. The van der Waals surface area contributed by atoms with E-state index in [1.807, 2.05) is 37.3 Å². The third-order valence-corrected chi connectivity index (χ3v) is 5.82. The summed E-state index contributed by atoms with van der Waals surface area (Å²) in [7, 11) is -2.25. The molecule has 0 unspecified atom stereocenters. The quantitative estimate of drug-likeness (QED) is 0.528. The molecule has 0 amide bonds. The van der Waals surface area contributed by atoms with E-state index < -0.39 is 10.0 Å². The molecule has 0 radical (unpaired) electrons. The van der Waals surface area contributed by atoms with Gasteiger partial charge in [0.1, 0.15) is 11.6 Å². The summed E-state index contributed by atoms with van der Waals surface area (Å²) >= 11 is 0. The van der Waals surface area contributed by atoms with Gasteiger partial charge in [0.05, 0.1) is 28.7 Å². The van der Waals surface area contributed by atoms with E-state index in [2.05, 4.69) is 14.7 Å². The molecule has 6 nitrogen and oxygen atoms in total. The van der Waals surface area contributed by atoms with Crippen LogP contribution in [0.5, 0.6) is 5.75 Å². The first-order valence-electron chi connectivity index (χ1n) is 8.69. The fraction of sp³-hybridized carbons (Fsp3) is 0.0952. The lowest BCUT2D eigenvalue weighted by Crippen LogP contribution is -2.13. The van der Waals surface area contributed by atoms with E-state index in [4.69, 9.17) is 4.74 Å². The van der Waals surface area contributed by atoms with E-state index in [1.165, 1.54) is 7.11 Å². The normalized spacial score (nSPS) is 11.5. The summed E-state index contributed by atoms with van der Waals surface area (Å²) in [6, 6.07) is 19.6. The van der Waals surface area contributed by atoms with Gasteiger partial charge < -0.3 is 9.72 Å². The van der Waals surface area contributed by atoms with Crippen LogP contribution < -0.4 is 9.46 Å². The number of hydrogen-bond donors (Lipinski definition) is 2. The first-order chi connectivity index (χ1) is 13.5. The van der Waals surface area contributed by atoms with Crippen LogP contribution in [0.2, 0.25) is 0 Å². The highest BCUT2D eigenvalue weighted by Crippen LogP contribution is 2.32. The average molecular weight is 393 g/mol. The van der Waals surface area contributed by atoms with Gasteiger partial charge in [-0.05, 0) is 49.4 Å². The highest BCUT2D eigenvalue weighted by molar-refractivity contribution is 7.92. The zero-order chi connectivity index (χ0) is 19.7. The largest absolute Gasteiger partial charge is 0.495 e. The number of fused-ring (bicyclic) bond motifs is 1. The molecule has 0 fully saturated rings. The average Bonchev–Trinajstić information content (AvgIpc) is 3.12. The van der Waals surface area contributed by atoms with Crippen molar-refractivity contribution in [1.82, 2.24) is 9.97 Å². The summed E-state index contributed by atoms with van der Waals surface area (Å²) < 4.78 is 33.5. The second-order valence-electron chi connectivity index (χ2n) is 6.44. The molecule has 142 valence electrons. The number of sulfonamides is 1. The van der Waals surface area contributed by atoms with Gasteiger partial charge in [-0.3, -0.25) is 4.72 Å². The highest BCUT2D eigenvalue weighted by Gasteiger charge is 2.18. The monoisotopic (exact) mass is 393 g/mol. The van der Waals surface area contributed by atoms with Crippen LogP contribution in [0.1, 0.15) is 5.56 Å². The van der Waals surface area contributed by atoms with E-state index in [0.717, 1.165) is 22.2 Å². The van der Waals surface area contributed by atoms with Crippen molar-refractivity contribution in [2.75, 3.05) is 11.8 Å². The number of para-hydroxylation sites is 2. The Morgan fingerprint density at radius 2 is 1.75 bits per heavy atom. The number of anilines is 1. The maximum Gasteiger partial charge on any atom is 0.262 e. The number of ether oxygens (including phenoxy) is 1. The fourth-order valence-electron chi connectivity index (χ4n) is 2.95. The van der Waals surface area contributed by atoms with Crippen LogP contribution in [0, 0.1) is 6.92 Å². The summed E-state index contributed by atoms with van der Waals surface area (Å²) in [6.07, 6.45) is 0. The van der Waals surface area contributed by atoms with E-state index in [9.17, 15) is 8.42 Å². The van der Waals surface area contributed by atoms with Crippen molar-refractivity contribution in [3.63, 3.8) is 0 Å². The summed E-state index contributed by atoms with van der Waals surface area (Å²) in [4.78, 5) is 8.01. The minimum absolute atomic E-state index is 0.189. The fourth-order valence-corrected chi connectivity index (χ4v) is 4.01. The number of aryl methyl sites for hydroxylation is 1. The predicted octanol–water partition coefficient (Wildman–Crippen LogP) is 4.35. The van der Waals surface area contributed by atoms with Crippen LogP contribution in [0.25, 0.3) is 22.4 Å². The van der Waals surface area contributed by atoms with E-state index in [-0.39, 0.29) is 4.90 Å². The number of nitrogens with zero attached hydrogens (tertiary/aromatic N) is 1. The summed E-state index contributed by atoms with van der Waals surface area (Å²) in [5.74, 6) is 1.08. The molecular formula is C21H19N3O3S. The maximum absolute atomic E-state index is 12.8. The predicted molar refractivity (Wildman–Crippen MR) is 110 cm³/mol. The lowest BCUT2D eigenvalue weighted by molar-refractivity contribution is 0.417. The lowest BCUT2D eigenvalue weighted by Gasteiger charge is -2.13. The second-order valence-corrected chi connectivity index (χ2v) is 8.12. The van der Waals surface area contributed by atoms with Gasteiger partial charge in [0.2, 0.25) is 0 Å². The zero-order valence-corrected chi connectivity index (χ0v) is 16.2. The molecule has 0 atom stereocenters. The molecule has 7 heteroatoms. The summed E-state index contributed by atoms with van der Waals surface area (Å²) in [6.45, 7) is 1.91. The number of aromatic nitrogens is 2. The van der Waals surface area contributed by atoms with Crippen LogP contribution in [-0.2, 0) is 10.0 Å². The molecule has 1 aromatic heterocycles. The molecule has 2 N–H and O–H groups in total. The van der Waals surface area contributed by atoms with Crippen molar-refractivity contribution < 1.29 is 13.2 Å². The van der Waals surface area contributed by atoms with Crippen molar-refractivity contribution >= 4 is 26.7 Å². The Hall–Kier alpha value is -3.32. The van der Waals surface area contributed by atoms with E-state index in [0.29, 0.717) is 17.3 Å². The third kappa shape index (κ3) is 3.44. The molecule has 4 rings (SSSR count). The van der Waals surface area contributed by atoms with E-state index in [1.54, 1.807) is 36.4 Å². The van der Waals surface area contributed by atoms with Crippen molar-refractivity contribution in [3.8, 4) is 17.1 Å². The number of H-pyrrole nitrogens is 1. The molecule has 0 aliphatic heterocycles. The standard InChI is InChI=1S/C21H19N3O3S/c1-14-7-10-16(11-8-14)28(25,26)24-19-13-15(9-12-20(19)27-2)21-22-17-5-3-4-6-18(17)23-21/h3-13,24H,1-2H3,(H,22,23). The molecule has 3 aromatic carbocycles. The minimum Gasteiger partial charge on any atom is -0.495 e. The maximum atomic E-state index is 12.8. The van der Waals surface area contributed by atoms with E-state index >= 15 is 0 Å². The highest BCUT2D eigenvalue weighted by atomic mass is 32.2. The first-order valence-corrected chi connectivity index (χ1v) is 10.2. The van der Waals surface area contributed by atoms with Gasteiger partial charge in [-0.1, -0.05) is 29.8 Å². The SMILES string of the molecule is COc1ccc(-c2nc3ccccc3[nH]2)cc1NS(=O)(=O)c1ccc(C)cc1. The minimum atomic E-state index is -3.75. The Kier molecular flexibility index (Phi) is 4.52. The number of rotatable bonds is 5. The molecule has 4 aromatic rings. The number of imidazole rings is 1. The topological polar surface area (TPSA) is 84.1 Å². The molecular weight excluding hydrogens is 374 g/mol. The van der Waals surface area contributed by atoms with Crippen molar-refractivity contribution in [1.29, 1.82) is 0 Å². The van der Waals surface area contributed by atoms with Gasteiger partial charge in [0.25, 0.3) is 10.0 Å². The smallest absolute Gasteiger partial charge is 0.262 e. The number of aromatic amines is 1. The molecule has 0 bridgehead atoms. The van der Waals surface area contributed by atoms with Crippen LogP contribution in [0.3, 0.4) is 0 Å². The second kappa shape index (κ2) is 7.01. The van der Waals surface area contributed by atoms with Gasteiger partial charge in [-0.2, -0.15) is 0 Å². The molecule has 0 aliphatic rings.